The average Bonchev–Trinajstić information content (AvgIpc) is 2.54. The van der Waals surface area contributed by atoms with Gasteiger partial charge < -0.3 is 10.6 Å². The molecular formula is C15H22N6. The van der Waals surface area contributed by atoms with Gasteiger partial charge in [-0.1, -0.05) is 0 Å². The number of nitrogens with two attached hydrogens (primary N) is 1. The van der Waals surface area contributed by atoms with E-state index in [1.807, 2.05) is 12.1 Å². The second-order valence-electron chi connectivity index (χ2n) is 6.06. The predicted octanol–water partition coefficient (Wildman–Crippen LogP) is 0.884. The van der Waals surface area contributed by atoms with Gasteiger partial charge in [0, 0.05) is 50.7 Å². The van der Waals surface area contributed by atoms with Crippen molar-refractivity contribution in [3.63, 3.8) is 0 Å². The predicted molar refractivity (Wildman–Crippen MR) is 84.3 cm³/mol. The molecule has 0 aliphatic carbocycles. The third-order valence-corrected chi connectivity index (χ3v) is 4.28. The monoisotopic (exact) mass is 286 g/mol. The topological polar surface area (TPSA) is 71.2 Å². The number of aromatic nitrogens is 3. The number of pyridine rings is 1. The third kappa shape index (κ3) is 2.82. The van der Waals surface area contributed by atoms with Crippen molar-refractivity contribution < 1.29 is 0 Å². The summed E-state index contributed by atoms with van der Waals surface area (Å²) in [5.41, 5.74) is 7.47. The molecule has 2 N–H and O–H groups in total. The number of anilines is 1. The van der Waals surface area contributed by atoms with Crippen LogP contribution in [0.3, 0.4) is 0 Å². The van der Waals surface area contributed by atoms with E-state index in [-0.39, 0.29) is 5.54 Å². The van der Waals surface area contributed by atoms with Crippen molar-refractivity contribution in [1.29, 1.82) is 0 Å². The van der Waals surface area contributed by atoms with Crippen LogP contribution in [0.5, 0.6) is 0 Å². The molecule has 1 aliphatic rings. The highest BCUT2D eigenvalue weighted by molar-refractivity contribution is 5.71. The summed E-state index contributed by atoms with van der Waals surface area (Å²) >= 11 is 0. The maximum atomic E-state index is 5.86. The van der Waals surface area contributed by atoms with Crippen LogP contribution < -0.4 is 10.6 Å². The molecule has 0 atom stereocenters. The van der Waals surface area contributed by atoms with Gasteiger partial charge in [-0.05, 0) is 26.0 Å². The summed E-state index contributed by atoms with van der Waals surface area (Å²) < 4.78 is 0. The van der Waals surface area contributed by atoms with Crippen LogP contribution in [0.25, 0.3) is 11.2 Å². The number of piperazine rings is 1. The van der Waals surface area contributed by atoms with Gasteiger partial charge in [-0.2, -0.15) is 0 Å². The lowest BCUT2D eigenvalue weighted by molar-refractivity contribution is 0.119. The maximum absolute atomic E-state index is 5.86. The molecule has 2 aromatic heterocycles. The van der Waals surface area contributed by atoms with Crippen molar-refractivity contribution in [3.8, 4) is 0 Å². The molecule has 6 heteroatoms. The zero-order valence-electron chi connectivity index (χ0n) is 12.7. The van der Waals surface area contributed by atoms with E-state index in [1.54, 1.807) is 12.4 Å². The van der Waals surface area contributed by atoms with E-state index >= 15 is 0 Å². The Morgan fingerprint density at radius 2 is 1.81 bits per heavy atom. The van der Waals surface area contributed by atoms with Crippen LogP contribution in [0.15, 0.2) is 24.5 Å². The molecule has 21 heavy (non-hydrogen) atoms. The molecule has 0 amide bonds. The standard InChI is InChI=1S/C15H22N6/c1-15(2,11-16)21-9-7-20(8-10-21)13-4-3-12-14(19-13)18-6-5-17-12/h3-6H,7-11,16H2,1-2H3. The van der Waals surface area contributed by atoms with E-state index in [2.05, 4.69) is 38.6 Å². The molecule has 1 aliphatic heterocycles. The molecule has 1 fully saturated rings. The largest absolute Gasteiger partial charge is 0.354 e. The Balaban J connectivity index is 1.73. The first-order valence-corrected chi connectivity index (χ1v) is 7.38. The fourth-order valence-electron chi connectivity index (χ4n) is 2.69. The van der Waals surface area contributed by atoms with E-state index in [1.165, 1.54) is 0 Å². The zero-order chi connectivity index (χ0) is 14.9. The molecule has 2 aromatic rings. The minimum Gasteiger partial charge on any atom is -0.354 e. The number of fused-ring (bicyclic) bond motifs is 1. The summed E-state index contributed by atoms with van der Waals surface area (Å²) in [4.78, 5) is 17.9. The van der Waals surface area contributed by atoms with Gasteiger partial charge in [0.15, 0.2) is 5.65 Å². The van der Waals surface area contributed by atoms with E-state index in [0.717, 1.165) is 37.5 Å². The van der Waals surface area contributed by atoms with Crippen LogP contribution in [-0.2, 0) is 0 Å². The fourth-order valence-corrected chi connectivity index (χ4v) is 2.69. The number of nitrogens with zero attached hydrogens (tertiary/aromatic N) is 5. The summed E-state index contributed by atoms with van der Waals surface area (Å²) in [6, 6.07) is 4.02. The van der Waals surface area contributed by atoms with Crippen molar-refractivity contribution in [3.05, 3.63) is 24.5 Å². The van der Waals surface area contributed by atoms with Crippen LogP contribution in [0.1, 0.15) is 13.8 Å². The first-order chi connectivity index (χ1) is 10.1. The SMILES string of the molecule is CC(C)(CN)N1CCN(c2ccc3nccnc3n2)CC1. The van der Waals surface area contributed by atoms with Gasteiger partial charge in [0.2, 0.25) is 0 Å². The van der Waals surface area contributed by atoms with Gasteiger partial charge >= 0.3 is 0 Å². The van der Waals surface area contributed by atoms with Gasteiger partial charge in [-0.3, -0.25) is 9.88 Å². The Hall–Kier alpha value is -1.79. The Labute approximate surface area is 125 Å². The fraction of sp³-hybridized carbons (Fsp3) is 0.533. The minimum absolute atomic E-state index is 0.0639. The van der Waals surface area contributed by atoms with Crippen molar-refractivity contribution in [2.75, 3.05) is 37.6 Å². The summed E-state index contributed by atoms with van der Waals surface area (Å²) in [6.07, 6.45) is 3.37. The van der Waals surface area contributed by atoms with Gasteiger partial charge in [0.1, 0.15) is 11.3 Å². The van der Waals surface area contributed by atoms with E-state index < -0.39 is 0 Å². The zero-order valence-corrected chi connectivity index (χ0v) is 12.7. The van der Waals surface area contributed by atoms with Crippen LogP contribution in [-0.4, -0.2) is 58.1 Å². The summed E-state index contributed by atoms with van der Waals surface area (Å²) in [6.45, 7) is 9.01. The summed E-state index contributed by atoms with van der Waals surface area (Å²) in [7, 11) is 0. The lowest BCUT2D eigenvalue weighted by Gasteiger charge is -2.43. The first kappa shape index (κ1) is 14.2. The second-order valence-corrected chi connectivity index (χ2v) is 6.06. The Morgan fingerprint density at radius 1 is 1.10 bits per heavy atom. The molecule has 0 saturated carbocycles. The quantitative estimate of drug-likeness (QED) is 0.903. The molecule has 0 bridgehead atoms. The number of rotatable bonds is 3. The summed E-state index contributed by atoms with van der Waals surface area (Å²) in [5, 5.41) is 0. The van der Waals surface area contributed by atoms with Crippen LogP contribution in [0, 0.1) is 0 Å². The van der Waals surface area contributed by atoms with Gasteiger partial charge in [0.25, 0.3) is 0 Å². The molecule has 112 valence electrons. The smallest absolute Gasteiger partial charge is 0.180 e. The molecular weight excluding hydrogens is 264 g/mol. The highest BCUT2D eigenvalue weighted by Gasteiger charge is 2.28. The van der Waals surface area contributed by atoms with Gasteiger partial charge in [-0.25, -0.2) is 9.97 Å². The lowest BCUT2D eigenvalue weighted by atomic mass is 10.0. The van der Waals surface area contributed by atoms with Crippen LogP contribution in [0.2, 0.25) is 0 Å². The van der Waals surface area contributed by atoms with Crippen molar-refractivity contribution in [2.24, 2.45) is 5.73 Å². The Kier molecular flexibility index (Phi) is 3.73. The van der Waals surface area contributed by atoms with E-state index in [4.69, 9.17) is 5.73 Å². The lowest BCUT2D eigenvalue weighted by Crippen LogP contribution is -2.57. The normalized spacial score (nSPS) is 17.4. The van der Waals surface area contributed by atoms with Crippen molar-refractivity contribution in [2.45, 2.75) is 19.4 Å². The van der Waals surface area contributed by atoms with E-state index in [9.17, 15) is 0 Å². The van der Waals surface area contributed by atoms with Gasteiger partial charge in [-0.15, -0.1) is 0 Å². The molecule has 0 unspecified atom stereocenters. The van der Waals surface area contributed by atoms with Gasteiger partial charge in [0.05, 0.1) is 0 Å². The molecule has 0 aromatic carbocycles. The number of hydrogen-bond acceptors (Lipinski definition) is 6. The van der Waals surface area contributed by atoms with Crippen molar-refractivity contribution in [1.82, 2.24) is 19.9 Å². The minimum atomic E-state index is 0.0639. The molecule has 3 heterocycles. The Bertz CT molecular complexity index is 618. The van der Waals surface area contributed by atoms with Crippen LogP contribution >= 0.6 is 0 Å². The Morgan fingerprint density at radius 3 is 2.52 bits per heavy atom. The number of hydrogen-bond donors (Lipinski definition) is 1. The first-order valence-electron chi connectivity index (χ1n) is 7.38. The highest BCUT2D eigenvalue weighted by Crippen LogP contribution is 2.20. The molecule has 3 rings (SSSR count). The van der Waals surface area contributed by atoms with E-state index in [0.29, 0.717) is 12.2 Å². The maximum Gasteiger partial charge on any atom is 0.180 e. The molecule has 0 spiro atoms. The van der Waals surface area contributed by atoms with Crippen molar-refractivity contribution >= 4 is 17.0 Å². The molecule has 6 nitrogen and oxygen atoms in total. The molecule has 1 saturated heterocycles. The summed E-state index contributed by atoms with van der Waals surface area (Å²) in [5.74, 6) is 0.980. The highest BCUT2D eigenvalue weighted by atomic mass is 15.3. The third-order valence-electron chi connectivity index (χ3n) is 4.28. The van der Waals surface area contributed by atoms with Crippen LogP contribution in [0.4, 0.5) is 5.82 Å². The molecule has 0 radical (unpaired) electrons. The average molecular weight is 286 g/mol. The second kappa shape index (κ2) is 5.54.